The lowest BCUT2D eigenvalue weighted by Crippen LogP contribution is -2.38. The van der Waals surface area contributed by atoms with Gasteiger partial charge in [-0.1, -0.05) is 36.9 Å². The van der Waals surface area contributed by atoms with Gasteiger partial charge in [0.1, 0.15) is 5.75 Å². The Morgan fingerprint density at radius 1 is 1.26 bits per heavy atom. The Kier molecular flexibility index (Phi) is 6.36. The molecule has 1 aromatic carbocycles. The number of hydrogen-bond donors (Lipinski definition) is 1. The molecular weight excluding hydrogens is 414 g/mol. The van der Waals surface area contributed by atoms with Crippen molar-refractivity contribution in [2.45, 2.75) is 38.6 Å². The molecule has 31 heavy (non-hydrogen) atoms. The molecule has 1 saturated carbocycles. The van der Waals surface area contributed by atoms with E-state index in [0.29, 0.717) is 29.4 Å². The fourth-order valence-corrected chi connectivity index (χ4v) is 4.84. The lowest BCUT2D eigenvalue weighted by Gasteiger charge is -2.37. The normalized spacial score (nSPS) is 20.1. The molecule has 2 heterocycles. The van der Waals surface area contributed by atoms with E-state index >= 15 is 0 Å². The van der Waals surface area contributed by atoms with E-state index < -0.39 is 12.0 Å². The van der Waals surface area contributed by atoms with Gasteiger partial charge in [0.25, 0.3) is 0 Å². The second-order valence-corrected chi connectivity index (χ2v) is 8.60. The number of esters is 1. The van der Waals surface area contributed by atoms with Crippen LogP contribution in [0.1, 0.15) is 44.2 Å². The van der Waals surface area contributed by atoms with Crippen molar-refractivity contribution in [3.8, 4) is 5.75 Å². The topological polar surface area (TPSA) is 80.2 Å². The van der Waals surface area contributed by atoms with Crippen molar-refractivity contribution in [2.75, 3.05) is 20.8 Å². The van der Waals surface area contributed by atoms with Crippen LogP contribution in [-0.2, 0) is 14.3 Å². The molecule has 0 saturated heterocycles. The Bertz CT molecular complexity index is 981. The van der Waals surface area contributed by atoms with Crippen LogP contribution in [0, 0.1) is 5.92 Å². The number of para-hydroxylation sites is 1. The van der Waals surface area contributed by atoms with Crippen LogP contribution >= 0.6 is 11.8 Å². The number of nitrogens with zero attached hydrogens (tertiary/aromatic N) is 2. The van der Waals surface area contributed by atoms with Crippen molar-refractivity contribution in [1.82, 2.24) is 10.2 Å². The Balaban J connectivity index is 1.72. The van der Waals surface area contributed by atoms with Crippen molar-refractivity contribution in [1.29, 1.82) is 0 Å². The molecule has 0 spiro atoms. The highest BCUT2D eigenvalue weighted by Gasteiger charge is 2.42. The van der Waals surface area contributed by atoms with Gasteiger partial charge in [-0.2, -0.15) is 0 Å². The Hall–Kier alpha value is -2.74. The van der Waals surface area contributed by atoms with E-state index in [4.69, 9.17) is 14.5 Å². The smallest absolute Gasteiger partial charge is 0.338 e. The number of rotatable bonds is 8. The highest BCUT2D eigenvalue weighted by atomic mass is 32.2. The van der Waals surface area contributed by atoms with Gasteiger partial charge in [-0.25, -0.2) is 9.79 Å². The number of fused-ring (bicyclic) bond motifs is 1. The van der Waals surface area contributed by atoms with E-state index in [1.54, 1.807) is 7.11 Å². The monoisotopic (exact) mass is 441 g/mol. The molecule has 4 rings (SSSR count). The van der Waals surface area contributed by atoms with E-state index in [1.807, 2.05) is 41.5 Å². The van der Waals surface area contributed by atoms with Crippen LogP contribution < -0.4 is 10.1 Å². The minimum atomic E-state index is -0.483. The molecule has 1 aliphatic carbocycles. The van der Waals surface area contributed by atoms with Crippen molar-refractivity contribution in [3.05, 3.63) is 52.2 Å². The molecule has 1 aromatic rings. The number of carbonyl (C=O) groups excluding carboxylic acids is 2. The van der Waals surface area contributed by atoms with Crippen molar-refractivity contribution in [2.24, 2.45) is 10.9 Å². The summed E-state index contributed by atoms with van der Waals surface area (Å²) in [6.07, 6.45) is 3.18. The van der Waals surface area contributed by atoms with Gasteiger partial charge in [-0.15, -0.1) is 0 Å². The maximum Gasteiger partial charge on any atom is 0.338 e. The number of carbonyl (C=O) groups is 2. The zero-order valence-corrected chi connectivity index (χ0v) is 18.8. The summed E-state index contributed by atoms with van der Waals surface area (Å²) in [5, 5.41) is 5.73. The first-order valence-corrected chi connectivity index (χ1v) is 11.4. The van der Waals surface area contributed by atoms with E-state index in [9.17, 15) is 9.59 Å². The molecule has 1 unspecified atom stereocenters. The minimum absolute atomic E-state index is 0.0244. The van der Waals surface area contributed by atoms with Crippen molar-refractivity contribution >= 4 is 28.8 Å². The number of aliphatic imine (C=N–C) groups is 1. The van der Waals surface area contributed by atoms with Crippen LogP contribution in [0.15, 0.2) is 51.6 Å². The van der Waals surface area contributed by atoms with Gasteiger partial charge in [0.15, 0.2) is 5.17 Å². The van der Waals surface area contributed by atoms with Gasteiger partial charge in [0.2, 0.25) is 5.91 Å². The molecule has 164 valence electrons. The third kappa shape index (κ3) is 4.35. The van der Waals surface area contributed by atoms with Gasteiger partial charge in [0, 0.05) is 17.8 Å². The number of ether oxygens (including phenoxy) is 2. The van der Waals surface area contributed by atoms with Gasteiger partial charge in [-0.05, 0) is 36.7 Å². The van der Waals surface area contributed by atoms with E-state index in [1.165, 1.54) is 31.7 Å². The Labute approximate surface area is 186 Å². The third-order valence-corrected chi connectivity index (χ3v) is 6.58. The number of methoxy groups -OCH3 is 2. The SMILES string of the molecule is CCC1=C(C(=O)OC)C(c2ccccc2OC)N2C(CC(=O)NCC3CC3)=CSC2=N1. The van der Waals surface area contributed by atoms with Crippen LogP contribution in [0.4, 0.5) is 0 Å². The summed E-state index contributed by atoms with van der Waals surface area (Å²) >= 11 is 1.47. The fourth-order valence-electron chi connectivity index (χ4n) is 3.91. The number of amides is 1. The first kappa shape index (κ1) is 21.5. The summed E-state index contributed by atoms with van der Waals surface area (Å²) in [5.74, 6) is 0.832. The van der Waals surface area contributed by atoms with Crippen LogP contribution in [0.25, 0.3) is 0 Å². The minimum Gasteiger partial charge on any atom is -0.496 e. The van der Waals surface area contributed by atoms with Gasteiger partial charge < -0.3 is 19.7 Å². The Morgan fingerprint density at radius 2 is 2.03 bits per heavy atom. The maximum absolute atomic E-state index is 12.9. The van der Waals surface area contributed by atoms with E-state index in [-0.39, 0.29) is 12.3 Å². The Morgan fingerprint density at radius 3 is 2.71 bits per heavy atom. The van der Waals surface area contributed by atoms with Gasteiger partial charge >= 0.3 is 5.97 Å². The highest BCUT2D eigenvalue weighted by Crippen LogP contribution is 2.47. The number of allylic oxidation sites excluding steroid dienone is 1. The maximum atomic E-state index is 12.9. The van der Waals surface area contributed by atoms with Crippen LogP contribution in [0.3, 0.4) is 0 Å². The van der Waals surface area contributed by atoms with Crippen molar-refractivity contribution < 1.29 is 19.1 Å². The lowest BCUT2D eigenvalue weighted by molar-refractivity contribution is -0.136. The highest BCUT2D eigenvalue weighted by molar-refractivity contribution is 8.16. The number of benzene rings is 1. The lowest BCUT2D eigenvalue weighted by atomic mass is 9.92. The molecule has 1 amide bonds. The molecular formula is C23H27N3O4S. The van der Waals surface area contributed by atoms with Crippen molar-refractivity contribution in [3.63, 3.8) is 0 Å². The molecule has 0 aromatic heterocycles. The van der Waals surface area contributed by atoms with Crippen LogP contribution in [0.2, 0.25) is 0 Å². The van der Waals surface area contributed by atoms with Crippen LogP contribution in [0.5, 0.6) is 5.75 Å². The average Bonchev–Trinajstić information content (AvgIpc) is 3.56. The molecule has 0 bridgehead atoms. The van der Waals surface area contributed by atoms with Gasteiger partial charge in [-0.3, -0.25) is 4.79 Å². The molecule has 7 nitrogen and oxygen atoms in total. The zero-order chi connectivity index (χ0) is 22.0. The number of nitrogens with one attached hydrogen (secondary N) is 1. The summed E-state index contributed by atoms with van der Waals surface area (Å²) in [4.78, 5) is 32.2. The molecule has 1 fully saturated rings. The second kappa shape index (κ2) is 9.18. The standard InChI is InChI=1S/C23H27N3O4S/c1-4-17-20(22(28)30-3)21(16-7-5-6-8-18(16)29-2)26-15(13-31-23(26)25-17)11-19(27)24-12-14-9-10-14/h5-8,13-14,21H,4,9-12H2,1-3H3,(H,24,27). The summed E-state index contributed by atoms with van der Waals surface area (Å²) < 4.78 is 10.8. The fraction of sp³-hybridized carbons (Fsp3) is 0.435. The van der Waals surface area contributed by atoms with E-state index in [0.717, 1.165) is 23.0 Å². The summed E-state index contributed by atoms with van der Waals surface area (Å²) in [5.41, 5.74) is 2.81. The molecule has 0 radical (unpaired) electrons. The van der Waals surface area contributed by atoms with Crippen LogP contribution in [-0.4, -0.2) is 42.7 Å². The largest absolute Gasteiger partial charge is 0.496 e. The average molecular weight is 442 g/mol. The number of amidine groups is 1. The molecule has 1 atom stereocenters. The van der Waals surface area contributed by atoms with E-state index in [2.05, 4.69) is 5.32 Å². The predicted molar refractivity (Wildman–Crippen MR) is 120 cm³/mol. The third-order valence-electron chi connectivity index (χ3n) is 5.69. The number of hydrogen-bond acceptors (Lipinski definition) is 7. The first-order chi connectivity index (χ1) is 15.1. The molecule has 1 N–H and O–H groups in total. The number of thioether (sulfide) groups is 1. The zero-order valence-electron chi connectivity index (χ0n) is 18.0. The summed E-state index contributed by atoms with van der Waals surface area (Å²) in [6, 6.07) is 7.14. The molecule has 8 heteroatoms. The quantitative estimate of drug-likeness (QED) is 0.619. The summed E-state index contributed by atoms with van der Waals surface area (Å²) in [7, 11) is 2.99. The summed E-state index contributed by atoms with van der Waals surface area (Å²) in [6.45, 7) is 2.69. The predicted octanol–water partition coefficient (Wildman–Crippen LogP) is 3.75. The van der Waals surface area contributed by atoms with Gasteiger partial charge in [0.05, 0.1) is 38.0 Å². The molecule has 3 aliphatic rings. The molecule has 2 aliphatic heterocycles. The first-order valence-electron chi connectivity index (χ1n) is 10.5. The second-order valence-electron chi connectivity index (χ2n) is 7.77.